The smallest absolute Gasteiger partial charge is 0.410 e. The summed E-state index contributed by atoms with van der Waals surface area (Å²) in [4.78, 5) is 46.1. The molecule has 45 heavy (non-hydrogen) atoms. The number of nitrogens with one attached hydrogen (secondary N) is 1. The van der Waals surface area contributed by atoms with Crippen molar-refractivity contribution in [3.63, 3.8) is 0 Å². The van der Waals surface area contributed by atoms with Crippen LogP contribution in [0.4, 0.5) is 31.0 Å². The van der Waals surface area contributed by atoms with Crippen molar-refractivity contribution < 1.29 is 23.1 Å². The highest BCUT2D eigenvalue weighted by Gasteiger charge is 2.33. The van der Waals surface area contributed by atoms with Gasteiger partial charge in [-0.1, -0.05) is 0 Å². The van der Waals surface area contributed by atoms with E-state index in [1.54, 1.807) is 64.8 Å². The topological polar surface area (TPSA) is 118 Å². The zero-order valence-electron chi connectivity index (χ0n) is 26.8. The van der Waals surface area contributed by atoms with Crippen LogP contribution in [0.1, 0.15) is 65.0 Å². The van der Waals surface area contributed by atoms with Crippen molar-refractivity contribution in [1.29, 1.82) is 0 Å². The third kappa shape index (κ3) is 6.57. The quantitative estimate of drug-likeness (QED) is 0.261. The van der Waals surface area contributed by atoms with E-state index in [-0.39, 0.29) is 47.1 Å². The Morgan fingerprint density at radius 2 is 1.84 bits per heavy atom. The fourth-order valence-electron chi connectivity index (χ4n) is 5.60. The van der Waals surface area contributed by atoms with E-state index in [1.165, 1.54) is 11.0 Å². The normalized spacial score (nSPS) is 15.6. The maximum absolute atomic E-state index is 15.1. The highest BCUT2D eigenvalue weighted by Crippen LogP contribution is 2.31. The van der Waals surface area contributed by atoms with Crippen molar-refractivity contribution in [3.8, 4) is 11.3 Å². The van der Waals surface area contributed by atoms with Crippen molar-refractivity contribution in [2.75, 3.05) is 23.8 Å². The number of rotatable bonds is 6. The fourth-order valence-corrected chi connectivity index (χ4v) is 5.60. The van der Waals surface area contributed by atoms with Gasteiger partial charge in [-0.05, 0) is 79.2 Å². The number of aromatic nitrogens is 5. The molecule has 4 aromatic rings. The molecule has 1 unspecified atom stereocenters. The van der Waals surface area contributed by atoms with E-state index >= 15 is 4.39 Å². The Balaban J connectivity index is 1.33. The Morgan fingerprint density at radius 3 is 2.49 bits per heavy atom. The first-order valence-electron chi connectivity index (χ1n) is 14.8. The van der Waals surface area contributed by atoms with Gasteiger partial charge >= 0.3 is 6.09 Å². The summed E-state index contributed by atoms with van der Waals surface area (Å²) in [5.41, 5.74) is 1.55. The molecule has 11 nitrogen and oxygen atoms in total. The van der Waals surface area contributed by atoms with Gasteiger partial charge in [0, 0.05) is 37.7 Å². The molecule has 13 heteroatoms. The summed E-state index contributed by atoms with van der Waals surface area (Å²) in [5, 5.41) is 2.99. The Hall–Kier alpha value is -4.68. The van der Waals surface area contributed by atoms with Crippen molar-refractivity contribution in [2.24, 2.45) is 0 Å². The lowest BCUT2D eigenvalue weighted by Gasteiger charge is -2.37. The van der Waals surface area contributed by atoms with Crippen molar-refractivity contribution >= 4 is 40.5 Å². The number of hydrogen-bond donors (Lipinski definition) is 1. The zero-order chi connectivity index (χ0) is 32.8. The van der Waals surface area contributed by atoms with Gasteiger partial charge in [-0.15, -0.1) is 0 Å². The number of ether oxygens (including phenoxy) is 1. The first kappa shape index (κ1) is 31.7. The molecule has 5 rings (SSSR count). The first-order chi connectivity index (χ1) is 21.1. The minimum atomic E-state index is -0.703. The lowest BCUT2D eigenvalue weighted by Crippen LogP contribution is -2.49. The van der Waals surface area contributed by atoms with Crippen LogP contribution < -0.4 is 10.2 Å². The zero-order valence-corrected chi connectivity index (χ0v) is 26.8. The van der Waals surface area contributed by atoms with Crippen molar-refractivity contribution in [3.05, 3.63) is 53.6 Å². The number of pyridine rings is 1. The number of aryl methyl sites for hydroxylation is 2. The Morgan fingerprint density at radius 1 is 1.11 bits per heavy atom. The second-order valence-electron chi connectivity index (χ2n) is 12.5. The number of benzene rings is 1. The molecule has 2 amide bonds. The van der Waals surface area contributed by atoms with Gasteiger partial charge in [0.2, 0.25) is 11.9 Å². The number of halogens is 2. The molecule has 0 aliphatic carbocycles. The number of imidazole rings is 1. The van der Waals surface area contributed by atoms with Crippen LogP contribution in [-0.2, 0) is 9.53 Å². The van der Waals surface area contributed by atoms with Crippen LogP contribution in [0.25, 0.3) is 22.3 Å². The molecule has 1 aliphatic rings. The second-order valence-corrected chi connectivity index (χ2v) is 12.5. The first-order valence-corrected chi connectivity index (χ1v) is 14.8. The number of anilines is 3. The minimum Gasteiger partial charge on any atom is -0.444 e. The van der Waals surface area contributed by atoms with Gasteiger partial charge in [0.15, 0.2) is 11.6 Å². The van der Waals surface area contributed by atoms with Crippen LogP contribution in [0.15, 0.2) is 30.5 Å². The molecule has 1 N–H and O–H groups in total. The number of fused-ring (bicyclic) bond motifs is 1. The summed E-state index contributed by atoms with van der Waals surface area (Å²) in [7, 11) is 1.65. The summed E-state index contributed by atoms with van der Waals surface area (Å²) in [6, 6.07) is 6.09. The predicted molar refractivity (Wildman–Crippen MR) is 167 cm³/mol. The van der Waals surface area contributed by atoms with E-state index in [9.17, 15) is 14.0 Å². The number of nitrogens with zero attached hydrogens (tertiary/aromatic N) is 7. The Labute approximate surface area is 260 Å². The van der Waals surface area contributed by atoms with Crippen LogP contribution in [0.3, 0.4) is 0 Å². The lowest BCUT2D eigenvalue weighted by atomic mass is 10.0. The van der Waals surface area contributed by atoms with Gasteiger partial charge < -0.3 is 24.4 Å². The molecule has 0 spiro atoms. The van der Waals surface area contributed by atoms with Gasteiger partial charge in [0.25, 0.3) is 0 Å². The third-order valence-electron chi connectivity index (χ3n) is 7.67. The van der Waals surface area contributed by atoms with E-state index in [1.807, 2.05) is 18.4 Å². The van der Waals surface area contributed by atoms with Gasteiger partial charge in [-0.25, -0.2) is 33.5 Å². The standard InChI is InChI=1S/C32H38F2N8O3/c1-17(2)42-19(4)37-29-22(33)13-20(14-25(29)42)28-23(34)16-35-30(39-28)38-26-10-9-24(18(3)36-26)41-12-11-21(15-27(41)43)40(8)31(44)45-32(5,6)7/h9-10,13-14,16-17,21H,11-12,15H2,1-8H3,(H,35,36,38,39). The highest BCUT2D eigenvalue weighted by molar-refractivity contribution is 5.95. The van der Waals surface area contributed by atoms with Crippen molar-refractivity contribution in [1.82, 2.24) is 29.4 Å². The van der Waals surface area contributed by atoms with Crippen LogP contribution in [-0.4, -0.2) is 66.6 Å². The van der Waals surface area contributed by atoms with E-state index < -0.39 is 23.3 Å². The maximum atomic E-state index is 15.1. The van der Waals surface area contributed by atoms with E-state index in [4.69, 9.17) is 4.74 Å². The minimum absolute atomic E-state index is 0.0228. The summed E-state index contributed by atoms with van der Waals surface area (Å²) >= 11 is 0. The molecule has 1 saturated heterocycles. The molecule has 238 valence electrons. The number of hydrogen-bond acceptors (Lipinski definition) is 8. The summed E-state index contributed by atoms with van der Waals surface area (Å²) in [5.74, 6) is -0.286. The number of piperidine rings is 1. The molecule has 1 fully saturated rings. The Kier molecular flexibility index (Phi) is 8.47. The molecule has 0 radical (unpaired) electrons. The average Bonchev–Trinajstić information content (AvgIpc) is 3.29. The Bertz CT molecular complexity index is 1780. The summed E-state index contributed by atoms with van der Waals surface area (Å²) in [6.07, 6.45) is 1.30. The largest absolute Gasteiger partial charge is 0.444 e. The van der Waals surface area contributed by atoms with E-state index in [2.05, 4.69) is 25.3 Å². The maximum Gasteiger partial charge on any atom is 0.410 e. The average molecular weight is 621 g/mol. The van der Waals surface area contributed by atoms with Crippen LogP contribution in [0, 0.1) is 25.5 Å². The van der Waals surface area contributed by atoms with Gasteiger partial charge in [0.1, 0.15) is 28.5 Å². The summed E-state index contributed by atoms with van der Waals surface area (Å²) in [6.45, 7) is 13.3. The van der Waals surface area contributed by atoms with Crippen LogP contribution in [0.5, 0.6) is 0 Å². The molecule has 0 bridgehead atoms. The molecule has 4 heterocycles. The summed E-state index contributed by atoms with van der Waals surface area (Å²) < 4.78 is 37.4. The number of amides is 2. The number of carbonyl (C=O) groups is 2. The highest BCUT2D eigenvalue weighted by atomic mass is 19.1. The second kappa shape index (κ2) is 12.0. The van der Waals surface area contributed by atoms with Crippen molar-refractivity contribution in [2.45, 2.75) is 79.0 Å². The molecule has 1 aliphatic heterocycles. The van der Waals surface area contributed by atoms with Crippen LogP contribution >= 0.6 is 0 Å². The molecule has 3 aromatic heterocycles. The van der Waals surface area contributed by atoms with Gasteiger partial charge in [-0.3, -0.25) is 4.79 Å². The molecule has 1 atom stereocenters. The van der Waals surface area contributed by atoms with Gasteiger partial charge in [0.05, 0.1) is 23.1 Å². The molecular weight excluding hydrogens is 582 g/mol. The number of carbonyl (C=O) groups excluding carboxylic acids is 2. The SMILES string of the molecule is Cc1nc(Nc2ncc(F)c(-c3cc(F)c4nc(C)n(C(C)C)c4c3)n2)ccc1N1CCC(N(C)C(=O)OC(C)(C)C)CC1=O. The lowest BCUT2D eigenvalue weighted by molar-refractivity contribution is -0.120. The fraction of sp³-hybridized carbons (Fsp3) is 0.438. The molecule has 1 aromatic carbocycles. The van der Waals surface area contributed by atoms with E-state index in [0.717, 1.165) is 6.20 Å². The molecule has 0 saturated carbocycles. The predicted octanol–water partition coefficient (Wildman–Crippen LogP) is 6.47. The van der Waals surface area contributed by atoms with Gasteiger partial charge in [-0.2, -0.15) is 0 Å². The molecular formula is C32H38F2N8O3. The monoisotopic (exact) mass is 620 g/mol. The third-order valence-corrected chi connectivity index (χ3v) is 7.67. The van der Waals surface area contributed by atoms with Crippen LogP contribution in [0.2, 0.25) is 0 Å². The van der Waals surface area contributed by atoms with E-state index in [0.29, 0.717) is 41.5 Å².